The Labute approximate surface area is 210 Å². The highest BCUT2D eigenvalue weighted by Crippen LogP contribution is 2.43. The lowest BCUT2D eigenvalue weighted by atomic mass is 9.94. The fourth-order valence-corrected chi connectivity index (χ4v) is 5.28. The van der Waals surface area contributed by atoms with Gasteiger partial charge in [0.15, 0.2) is 5.76 Å². The summed E-state index contributed by atoms with van der Waals surface area (Å²) >= 11 is 1.20. The third-order valence-corrected chi connectivity index (χ3v) is 7.20. The van der Waals surface area contributed by atoms with Gasteiger partial charge in [-0.3, -0.25) is 14.5 Å². The Morgan fingerprint density at radius 3 is 2.47 bits per heavy atom. The van der Waals surface area contributed by atoms with E-state index in [-0.39, 0.29) is 5.57 Å². The summed E-state index contributed by atoms with van der Waals surface area (Å²) < 4.78 is 19.1. The molecule has 0 saturated carbocycles. The van der Waals surface area contributed by atoms with Crippen molar-refractivity contribution < 1.29 is 23.8 Å². The number of halogens is 1. The topological polar surface area (TPSA) is 79.7 Å². The predicted octanol–water partition coefficient (Wildman–Crippen LogP) is 6.05. The third kappa shape index (κ3) is 4.05. The lowest BCUT2D eigenvalue weighted by molar-refractivity contribution is -0.117. The normalized spacial score (nSPS) is 15.5. The molecule has 0 spiro atoms. The molecule has 0 aliphatic carbocycles. The molecule has 0 saturated heterocycles. The van der Waals surface area contributed by atoms with Crippen molar-refractivity contribution >= 4 is 28.7 Å². The molecule has 2 heterocycles. The number of carbonyl (C=O) groups is 2. The fraction of sp³-hybridized carbons (Fsp3) is 0.107. The van der Waals surface area contributed by atoms with Gasteiger partial charge in [-0.25, -0.2) is 9.37 Å². The predicted molar refractivity (Wildman–Crippen MR) is 136 cm³/mol. The molecule has 3 aromatic carbocycles. The Hall–Kier alpha value is -4.30. The summed E-state index contributed by atoms with van der Waals surface area (Å²) in [7, 11) is 1.50. The second-order valence-electron chi connectivity index (χ2n) is 8.22. The van der Waals surface area contributed by atoms with Crippen LogP contribution in [-0.4, -0.2) is 28.9 Å². The van der Waals surface area contributed by atoms with Crippen molar-refractivity contribution in [2.24, 2.45) is 0 Å². The van der Waals surface area contributed by atoms with E-state index in [0.717, 1.165) is 5.56 Å². The van der Waals surface area contributed by atoms with Gasteiger partial charge >= 0.3 is 0 Å². The minimum Gasteiger partial charge on any atom is -0.503 e. The van der Waals surface area contributed by atoms with Crippen LogP contribution in [0.15, 0.2) is 90.2 Å². The van der Waals surface area contributed by atoms with Gasteiger partial charge < -0.3 is 9.84 Å². The average Bonchev–Trinajstić information content (AvgIpc) is 3.42. The maximum atomic E-state index is 13.9. The van der Waals surface area contributed by atoms with Gasteiger partial charge in [0.1, 0.15) is 16.6 Å². The lowest BCUT2D eigenvalue weighted by Gasteiger charge is -2.27. The number of ketones is 1. The smallest absolute Gasteiger partial charge is 0.294 e. The number of thiazole rings is 1. The van der Waals surface area contributed by atoms with Gasteiger partial charge in [-0.15, -0.1) is 11.3 Å². The molecule has 180 valence electrons. The minimum absolute atomic E-state index is 0.0826. The molecule has 5 rings (SSSR count). The number of ether oxygens (including phenoxy) is 1. The minimum atomic E-state index is -0.973. The largest absolute Gasteiger partial charge is 0.503 e. The maximum absolute atomic E-state index is 13.9. The van der Waals surface area contributed by atoms with Crippen LogP contribution in [0.4, 0.5) is 10.1 Å². The van der Waals surface area contributed by atoms with E-state index in [1.54, 1.807) is 31.2 Å². The van der Waals surface area contributed by atoms with Crippen LogP contribution < -0.4 is 9.64 Å². The number of carbonyl (C=O) groups excluding carboxylic acids is 2. The van der Waals surface area contributed by atoms with Crippen molar-refractivity contribution in [3.8, 4) is 16.3 Å². The van der Waals surface area contributed by atoms with Gasteiger partial charge in [0.05, 0.1) is 29.3 Å². The molecule has 1 aromatic heterocycles. The van der Waals surface area contributed by atoms with E-state index >= 15 is 0 Å². The van der Waals surface area contributed by atoms with E-state index in [4.69, 9.17) is 4.74 Å². The Bertz CT molecular complexity index is 1500. The van der Waals surface area contributed by atoms with Crippen LogP contribution in [0.3, 0.4) is 0 Å². The summed E-state index contributed by atoms with van der Waals surface area (Å²) in [6.07, 6.45) is 0. The van der Waals surface area contributed by atoms with Crippen LogP contribution >= 0.6 is 11.3 Å². The number of amides is 1. The molecule has 0 bridgehead atoms. The second kappa shape index (κ2) is 9.39. The second-order valence-corrected chi connectivity index (χ2v) is 9.22. The molecule has 0 radical (unpaired) electrons. The highest BCUT2D eigenvalue weighted by atomic mass is 32.1. The monoisotopic (exact) mass is 500 g/mol. The molecule has 1 amide bonds. The molecule has 1 N–H and O–H groups in total. The SMILES string of the molecule is COc1cccc(N2C(=O)C(O)=C(C(=O)c3sc(-c4ccccc4)nc3C)C2c2ccc(F)cc2)c1. The number of aryl methyl sites for hydroxylation is 1. The molecule has 8 heteroatoms. The molecular weight excluding hydrogens is 479 g/mol. The van der Waals surface area contributed by atoms with Crippen LogP contribution in [0, 0.1) is 12.7 Å². The van der Waals surface area contributed by atoms with Crippen LogP contribution in [0.5, 0.6) is 5.75 Å². The average molecular weight is 501 g/mol. The number of methoxy groups -OCH3 is 1. The van der Waals surface area contributed by atoms with E-state index < -0.39 is 29.3 Å². The summed E-state index contributed by atoms with van der Waals surface area (Å²) in [6.45, 7) is 1.72. The highest BCUT2D eigenvalue weighted by Gasteiger charge is 2.45. The number of aromatic nitrogens is 1. The number of rotatable bonds is 6. The summed E-state index contributed by atoms with van der Waals surface area (Å²) in [5.74, 6) is -1.83. The number of aliphatic hydroxyl groups excluding tert-OH is 1. The van der Waals surface area contributed by atoms with Gasteiger partial charge in [0.25, 0.3) is 5.91 Å². The number of aliphatic hydroxyl groups is 1. The molecule has 6 nitrogen and oxygen atoms in total. The summed E-state index contributed by atoms with van der Waals surface area (Å²) in [6, 6.07) is 20.8. The zero-order valence-electron chi connectivity index (χ0n) is 19.4. The van der Waals surface area contributed by atoms with Gasteiger partial charge in [-0.1, -0.05) is 48.5 Å². The molecule has 1 atom stereocenters. The van der Waals surface area contributed by atoms with Crippen molar-refractivity contribution in [3.05, 3.63) is 112 Å². The van der Waals surface area contributed by atoms with Crippen LogP contribution in [-0.2, 0) is 4.79 Å². The molecule has 36 heavy (non-hydrogen) atoms. The van der Waals surface area contributed by atoms with E-state index in [0.29, 0.717) is 32.6 Å². The zero-order chi connectivity index (χ0) is 25.4. The van der Waals surface area contributed by atoms with E-state index in [9.17, 15) is 19.1 Å². The standard InChI is InChI=1S/C28H21FN2O4S/c1-16-26(36-27(30-16)18-7-4-3-5-8-18)24(32)22-23(17-11-13-19(29)14-12-17)31(28(34)25(22)33)20-9-6-10-21(15-20)35-2/h3-15,23,33H,1-2H3. The highest BCUT2D eigenvalue weighted by molar-refractivity contribution is 7.17. The van der Waals surface area contributed by atoms with Crippen molar-refractivity contribution in [3.63, 3.8) is 0 Å². The molecule has 1 aliphatic rings. The number of anilines is 1. The van der Waals surface area contributed by atoms with Gasteiger partial charge in [0, 0.05) is 17.3 Å². The van der Waals surface area contributed by atoms with Crippen molar-refractivity contribution in [1.82, 2.24) is 4.98 Å². The Balaban J connectivity index is 1.63. The number of Topliss-reactive ketones (excluding diaryl/α,β-unsaturated/α-hetero) is 1. The Morgan fingerprint density at radius 2 is 1.78 bits per heavy atom. The summed E-state index contributed by atoms with van der Waals surface area (Å²) in [4.78, 5) is 33.5. The maximum Gasteiger partial charge on any atom is 0.294 e. The van der Waals surface area contributed by atoms with E-state index in [1.807, 2.05) is 30.3 Å². The first-order chi connectivity index (χ1) is 17.4. The van der Waals surface area contributed by atoms with Crippen molar-refractivity contribution in [2.45, 2.75) is 13.0 Å². The first-order valence-electron chi connectivity index (χ1n) is 11.1. The van der Waals surface area contributed by atoms with Crippen LogP contribution in [0.1, 0.15) is 27.0 Å². The van der Waals surface area contributed by atoms with Gasteiger partial charge in [-0.05, 0) is 36.8 Å². The van der Waals surface area contributed by atoms with Crippen LogP contribution in [0.2, 0.25) is 0 Å². The number of hydrogen-bond donors (Lipinski definition) is 1. The van der Waals surface area contributed by atoms with Gasteiger partial charge in [0.2, 0.25) is 5.78 Å². The molecular formula is C28H21FN2O4S. The van der Waals surface area contributed by atoms with E-state index in [1.165, 1.54) is 47.6 Å². The number of benzene rings is 3. The first-order valence-corrected chi connectivity index (χ1v) is 11.9. The third-order valence-electron chi connectivity index (χ3n) is 5.99. The van der Waals surface area contributed by atoms with Crippen molar-refractivity contribution in [1.29, 1.82) is 0 Å². The fourth-order valence-electron chi connectivity index (χ4n) is 4.26. The molecule has 0 fully saturated rings. The zero-order valence-corrected chi connectivity index (χ0v) is 20.3. The van der Waals surface area contributed by atoms with Gasteiger partial charge in [-0.2, -0.15) is 0 Å². The molecule has 1 aliphatic heterocycles. The number of hydrogen-bond acceptors (Lipinski definition) is 6. The number of nitrogens with zero attached hydrogens (tertiary/aromatic N) is 2. The van der Waals surface area contributed by atoms with E-state index in [2.05, 4.69) is 4.98 Å². The Kier molecular flexibility index (Phi) is 6.12. The summed E-state index contributed by atoms with van der Waals surface area (Å²) in [5, 5.41) is 11.7. The summed E-state index contributed by atoms with van der Waals surface area (Å²) in [5.41, 5.74) is 2.17. The molecule has 1 unspecified atom stereocenters. The first kappa shape index (κ1) is 23.4. The van der Waals surface area contributed by atoms with Crippen molar-refractivity contribution in [2.75, 3.05) is 12.0 Å². The van der Waals surface area contributed by atoms with Crippen LogP contribution in [0.25, 0.3) is 10.6 Å². The lowest BCUT2D eigenvalue weighted by Crippen LogP contribution is -2.31. The molecule has 4 aromatic rings. The quantitative estimate of drug-likeness (QED) is 0.326. The Morgan fingerprint density at radius 1 is 1.06 bits per heavy atom.